The summed E-state index contributed by atoms with van der Waals surface area (Å²) in [4.78, 5) is 2.43. The molecule has 0 fully saturated rings. The fourth-order valence-corrected chi connectivity index (χ4v) is 3.10. The van der Waals surface area contributed by atoms with E-state index in [-0.39, 0.29) is 0 Å². The minimum absolute atomic E-state index is 0.697. The summed E-state index contributed by atoms with van der Waals surface area (Å²) in [6, 6.07) is 6.24. The van der Waals surface area contributed by atoms with Gasteiger partial charge < -0.3 is 10.6 Å². The molecule has 0 bridgehead atoms. The van der Waals surface area contributed by atoms with Crippen molar-refractivity contribution in [2.45, 2.75) is 26.2 Å². The van der Waals surface area contributed by atoms with Crippen molar-refractivity contribution in [3.63, 3.8) is 0 Å². The van der Waals surface area contributed by atoms with Crippen LogP contribution in [0.4, 0.5) is 5.69 Å². The van der Waals surface area contributed by atoms with Crippen LogP contribution >= 0.6 is 0 Å². The maximum Gasteiger partial charge on any atom is 0.0320 e. The minimum Gasteiger partial charge on any atom is -0.399 e. The van der Waals surface area contributed by atoms with Crippen molar-refractivity contribution in [1.29, 1.82) is 0 Å². The highest BCUT2D eigenvalue weighted by atomic mass is 15.1. The molecule has 3 rings (SSSR count). The van der Waals surface area contributed by atoms with Crippen LogP contribution in [0.2, 0.25) is 0 Å². The van der Waals surface area contributed by atoms with Gasteiger partial charge in [0.15, 0.2) is 0 Å². The molecule has 0 spiro atoms. The molecule has 1 atom stereocenters. The molecule has 2 heteroatoms. The predicted octanol–water partition coefficient (Wildman–Crippen LogP) is 4.01. The third-order valence-electron chi connectivity index (χ3n) is 4.56. The van der Waals surface area contributed by atoms with E-state index >= 15 is 0 Å². The smallest absolute Gasteiger partial charge is 0.0320 e. The number of allylic oxidation sites excluding steroid dienone is 3. The Balaban J connectivity index is 1.63. The minimum atomic E-state index is 0.697. The quantitative estimate of drug-likeness (QED) is 0.848. The Morgan fingerprint density at radius 2 is 2.24 bits per heavy atom. The van der Waals surface area contributed by atoms with E-state index in [0.29, 0.717) is 5.92 Å². The van der Waals surface area contributed by atoms with E-state index in [1.165, 1.54) is 17.5 Å². The van der Waals surface area contributed by atoms with E-state index in [9.17, 15) is 0 Å². The van der Waals surface area contributed by atoms with Gasteiger partial charge in [-0.1, -0.05) is 36.8 Å². The largest absolute Gasteiger partial charge is 0.399 e. The van der Waals surface area contributed by atoms with E-state index in [4.69, 9.17) is 5.73 Å². The molecular formula is C19H24N2. The third kappa shape index (κ3) is 3.38. The molecule has 1 unspecified atom stereocenters. The van der Waals surface area contributed by atoms with Crippen LogP contribution in [0.3, 0.4) is 0 Å². The van der Waals surface area contributed by atoms with Gasteiger partial charge in [0, 0.05) is 18.8 Å². The van der Waals surface area contributed by atoms with Crippen LogP contribution in [-0.4, -0.2) is 18.0 Å². The van der Waals surface area contributed by atoms with Crippen molar-refractivity contribution in [2.75, 3.05) is 18.8 Å². The summed E-state index contributed by atoms with van der Waals surface area (Å²) >= 11 is 0. The first-order valence-corrected chi connectivity index (χ1v) is 7.88. The zero-order chi connectivity index (χ0) is 14.7. The zero-order valence-corrected chi connectivity index (χ0v) is 12.8. The summed E-state index contributed by atoms with van der Waals surface area (Å²) in [5, 5.41) is 0. The van der Waals surface area contributed by atoms with Crippen molar-refractivity contribution in [3.05, 3.63) is 59.3 Å². The number of nitrogens with two attached hydrogens (primary N) is 1. The zero-order valence-electron chi connectivity index (χ0n) is 12.8. The van der Waals surface area contributed by atoms with Gasteiger partial charge in [0.05, 0.1) is 0 Å². The molecular weight excluding hydrogens is 256 g/mol. The van der Waals surface area contributed by atoms with E-state index in [1.54, 1.807) is 5.57 Å². The summed E-state index contributed by atoms with van der Waals surface area (Å²) in [5.74, 6) is 0.697. The van der Waals surface area contributed by atoms with E-state index in [2.05, 4.69) is 54.5 Å². The average molecular weight is 280 g/mol. The van der Waals surface area contributed by atoms with Gasteiger partial charge >= 0.3 is 0 Å². The maximum absolute atomic E-state index is 5.88. The number of hydrogen-bond donors (Lipinski definition) is 1. The Bertz CT molecular complexity index is 596. The number of anilines is 1. The normalized spacial score (nSPS) is 20.9. The van der Waals surface area contributed by atoms with E-state index < -0.39 is 0 Å². The molecule has 0 radical (unpaired) electrons. The molecule has 1 aromatic carbocycles. The Morgan fingerprint density at radius 3 is 3.10 bits per heavy atom. The Morgan fingerprint density at radius 1 is 1.33 bits per heavy atom. The van der Waals surface area contributed by atoms with E-state index in [1.807, 2.05) is 6.07 Å². The molecule has 0 saturated carbocycles. The van der Waals surface area contributed by atoms with Crippen LogP contribution in [0.1, 0.15) is 30.9 Å². The number of nitrogen functional groups attached to an aromatic ring is 1. The second-order valence-electron chi connectivity index (χ2n) is 6.12. The first kappa shape index (κ1) is 14.0. The first-order chi connectivity index (χ1) is 10.2. The Labute approximate surface area is 127 Å². The van der Waals surface area contributed by atoms with Gasteiger partial charge in [0.1, 0.15) is 0 Å². The first-order valence-electron chi connectivity index (χ1n) is 7.88. The molecule has 110 valence electrons. The van der Waals surface area contributed by atoms with Crippen molar-refractivity contribution < 1.29 is 0 Å². The Hall–Kier alpha value is -1.96. The van der Waals surface area contributed by atoms with Gasteiger partial charge in [0.2, 0.25) is 0 Å². The average Bonchev–Trinajstić information content (AvgIpc) is 2.68. The molecule has 2 aliphatic rings. The topological polar surface area (TPSA) is 29.3 Å². The molecule has 0 amide bonds. The maximum atomic E-state index is 5.88. The SMILES string of the molecule is CC1CC=CC=C1CCN1C=Cc2cc(N)ccc2CC1. The molecule has 1 aromatic rings. The standard InChI is InChI=1S/C19H24N2/c1-15-4-2-3-5-16(15)8-11-21-12-9-17-6-7-19(20)14-18(17)10-13-21/h2-3,5-7,10,13-15H,4,8-9,11-12,20H2,1H3. The molecule has 0 saturated heterocycles. The number of nitrogens with zero attached hydrogens (tertiary/aromatic N) is 1. The second kappa shape index (κ2) is 6.21. The molecule has 0 aromatic heterocycles. The van der Waals surface area contributed by atoms with Gasteiger partial charge in [-0.05, 0) is 60.7 Å². The van der Waals surface area contributed by atoms with Crippen molar-refractivity contribution in [1.82, 2.24) is 4.90 Å². The fourth-order valence-electron chi connectivity index (χ4n) is 3.10. The van der Waals surface area contributed by atoms with E-state index in [0.717, 1.165) is 31.6 Å². The van der Waals surface area contributed by atoms with Crippen LogP contribution in [-0.2, 0) is 6.42 Å². The summed E-state index contributed by atoms with van der Waals surface area (Å²) in [5.41, 5.74) is 11.0. The van der Waals surface area contributed by atoms with Crippen LogP contribution in [0.25, 0.3) is 6.08 Å². The van der Waals surface area contributed by atoms with Gasteiger partial charge in [0.25, 0.3) is 0 Å². The van der Waals surface area contributed by atoms with Gasteiger partial charge in [-0.3, -0.25) is 0 Å². The highest BCUT2D eigenvalue weighted by Gasteiger charge is 2.12. The van der Waals surface area contributed by atoms with Gasteiger partial charge in [-0.2, -0.15) is 0 Å². The lowest BCUT2D eigenvalue weighted by atomic mass is 9.91. The lowest BCUT2D eigenvalue weighted by Gasteiger charge is -2.23. The van der Waals surface area contributed by atoms with Crippen LogP contribution in [0, 0.1) is 5.92 Å². The summed E-state index contributed by atoms with van der Waals surface area (Å²) in [6.45, 7) is 4.52. The van der Waals surface area contributed by atoms with Crippen LogP contribution in [0.15, 0.2) is 48.2 Å². The Kier molecular flexibility index (Phi) is 4.14. The molecule has 2 N–H and O–H groups in total. The predicted molar refractivity (Wildman–Crippen MR) is 90.8 cm³/mol. The van der Waals surface area contributed by atoms with Gasteiger partial charge in [-0.25, -0.2) is 0 Å². The second-order valence-corrected chi connectivity index (χ2v) is 6.12. The lowest BCUT2D eigenvalue weighted by molar-refractivity contribution is 0.382. The van der Waals surface area contributed by atoms with Crippen LogP contribution < -0.4 is 5.73 Å². The highest BCUT2D eigenvalue weighted by Crippen LogP contribution is 2.24. The van der Waals surface area contributed by atoms with Crippen molar-refractivity contribution in [2.24, 2.45) is 5.92 Å². The highest BCUT2D eigenvalue weighted by molar-refractivity contribution is 5.60. The molecule has 21 heavy (non-hydrogen) atoms. The third-order valence-corrected chi connectivity index (χ3v) is 4.56. The lowest BCUT2D eigenvalue weighted by Crippen LogP contribution is -2.21. The summed E-state index contributed by atoms with van der Waals surface area (Å²) in [7, 11) is 0. The molecule has 2 nitrogen and oxygen atoms in total. The number of hydrogen-bond acceptors (Lipinski definition) is 2. The molecule has 1 aliphatic carbocycles. The summed E-state index contributed by atoms with van der Waals surface area (Å²) < 4.78 is 0. The van der Waals surface area contributed by atoms with Crippen LogP contribution in [0.5, 0.6) is 0 Å². The number of fused-ring (bicyclic) bond motifs is 1. The fraction of sp³-hybridized carbons (Fsp3) is 0.368. The van der Waals surface area contributed by atoms with Gasteiger partial charge in [-0.15, -0.1) is 0 Å². The summed E-state index contributed by atoms with van der Waals surface area (Å²) in [6.07, 6.45) is 14.6. The van der Waals surface area contributed by atoms with Crippen molar-refractivity contribution in [3.8, 4) is 0 Å². The monoisotopic (exact) mass is 280 g/mol. The van der Waals surface area contributed by atoms with Crippen molar-refractivity contribution >= 4 is 11.8 Å². The molecule has 1 aliphatic heterocycles. The number of rotatable bonds is 3. The molecule has 1 heterocycles. The number of benzene rings is 1.